The van der Waals surface area contributed by atoms with Crippen LogP contribution in [0.4, 0.5) is 21.9 Å². The van der Waals surface area contributed by atoms with Gasteiger partial charge in [0.2, 0.25) is 0 Å². The van der Waals surface area contributed by atoms with Crippen LogP contribution in [0.1, 0.15) is 0 Å². The van der Waals surface area contributed by atoms with Crippen LogP contribution in [0.5, 0.6) is 0 Å². The molecule has 0 atom stereocenters. The fraction of sp³-hybridized carbons (Fsp3) is 0.0714. The molecule has 1 amide bonds. The lowest BCUT2D eigenvalue weighted by Gasteiger charge is -2.30. The number of carboxylic acid groups (broad SMARTS) is 1. The van der Waals surface area contributed by atoms with Gasteiger partial charge < -0.3 is 10.4 Å². The van der Waals surface area contributed by atoms with Gasteiger partial charge in [0.25, 0.3) is 0 Å². The number of nitrogens with zero attached hydrogens (tertiary/aromatic N) is 1. The lowest BCUT2D eigenvalue weighted by Crippen LogP contribution is -2.27. The zero-order chi connectivity index (χ0) is 13.4. The van der Waals surface area contributed by atoms with Gasteiger partial charge in [-0.2, -0.15) is 0 Å². The van der Waals surface area contributed by atoms with E-state index in [9.17, 15) is 9.90 Å². The fourth-order valence-electron chi connectivity index (χ4n) is 2.20. The summed E-state index contributed by atoms with van der Waals surface area (Å²) in [6.07, 6.45) is -0.975. The second kappa shape index (κ2) is 4.51. The summed E-state index contributed by atoms with van der Waals surface area (Å²) < 4.78 is 0. The number of hydrogen-bond acceptors (Lipinski definition) is 3. The molecule has 0 bridgehead atoms. The van der Waals surface area contributed by atoms with Crippen LogP contribution in [0.3, 0.4) is 0 Å². The maximum Gasteiger partial charge on any atom is 0.416 e. The molecule has 5 heteroatoms. The molecule has 1 heterocycles. The zero-order valence-corrected chi connectivity index (χ0v) is 11.1. The highest BCUT2D eigenvalue weighted by Gasteiger charge is 2.29. The van der Waals surface area contributed by atoms with Gasteiger partial charge in [-0.15, -0.1) is 0 Å². The summed E-state index contributed by atoms with van der Waals surface area (Å²) in [5.74, 6) is 0. The minimum Gasteiger partial charge on any atom is -0.464 e. The molecule has 1 aliphatic heterocycles. The normalized spacial score (nSPS) is 12.6. The van der Waals surface area contributed by atoms with Crippen molar-refractivity contribution in [3.05, 3.63) is 42.5 Å². The van der Waals surface area contributed by atoms with Gasteiger partial charge in [0.1, 0.15) is 0 Å². The van der Waals surface area contributed by atoms with Gasteiger partial charge in [-0.25, -0.2) is 9.69 Å². The molecule has 0 unspecified atom stereocenters. The van der Waals surface area contributed by atoms with Crippen molar-refractivity contribution >= 4 is 34.9 Å². The number of para-hydroxylation sites is 2. The third kappa shape index (κ3) is 1.82. The van der Waals surface area contributed by atoms with Gasteiger partial charge in [-0.1, -0.05) is 30.0 Å². The number of carbonyl (C=O) groups is 1. The van der Waals surface area contributed by atoms with Crippen molar-refractivity contribution in [2.75, 3.05) is 17.3 Å². The van der Waals surface area contributed by atoms with E-state index in [0.29, 0.717) is 11.4 Å². The maximum absolute atomic E-state index is 11.6. The highest BCUT2D eigenvalue weighted by atomic mass is 32.2. The van der Waals surface area contributed by atoms with Gasteiger partial charge in [-0.05, 0) is 24.3 Å². The first-order valence-electron chi connectivity index (χ1n) is 5.83. The molecular formula is C14H12N2O2S. The molecule has 2 N–H and O–H groups in total. The van der Waals surface area contributed by atoms with Gasteiger partial charge in [0.15, 0.2) is 0 Å². The Bertz CT molecular complexity index is 658. The molecule has 0 saturated heterocycles. The molecule has 0 aliphatic carbocycles. The molecule has 0 saturated carbocycles. The molecule has 0 aromatic heterocycles. The van der Waals surface area contributed by atoms with E-state index in [1.165, 1.54) is 4.90 Å². The Morgan fingerprint density at radius 1 is 1.16 bits per heavy atom. The number of anilines is 3. The minimum atomic E-state index is -0.975. The molecule has 4 nitrogen and oxygen atoms in total. The van der Waals surface area contributed by atoms with E-state index < -0.39 is 6.09 Å². The largest absolute Gasteiger partial charge is 0.464 e. The van der Waals surface area contributed by atoms with Crippen molar-refractivity contribution in [2.24, 2.45) is 0 Å². The average Bonchev–Trinajstić information content (AvgIpc) is 2.43. The van der Waals surface area contributed by atoms with Crippen molar-refractivity contribution < 1.29 is 9.90 Å². The van der Waals surface area contributed by atoms with E-state index in [2.05, 4.69) is 5.32 Å². The van der Waals surface area contributed by atoms with Crippen molar-refractivity contribution in [3.8, 4) is 0 Å². The first kappa shape index (κ1) is 11.9. The van der Waals surface area contributed by atoms with Crippen LogP contribution in [0, 0.1) is 0 Å². The lowest BCUT2D eigenvalue weighted by molar-refractivity contribution is 0.204. The van der Waals surface area contributed by atoms with Crippen LogP contribution in [0.15, 0.2) is 52.3 Å². The number of benzene rings is 2. The summed E-state index contributed by atoms with van der Waals surface area (Å²) in [6.45, 7) is 0. The van der Waals surface area contributed by atoms with Crippen LogP contribution >= 0.6 is 11.8 Å². The molecule has 1 aliphatic rings. The predicted octanol–water partition coefficient (Wildman–Crippen LogP) is 4.01. The Kier molecular flexibility index (Phi) is 2.83. The summed E-state index contributed by atoms with van der Waals surface area (Å²) in [5, 5.41) is 12.6. The summed E-state index contributed by atoms with van der Waals surface area (Å²) in [4.78, 5) is 14.9. The molecule has 2 aromatic rings. The summed E-state index contributed by atoms with van der Waals surface area (Å²) in [5.41, 5.74) is 2.21. The summed E-state index contributed by atoms with van der Waals surface area (Å²) in [6, 6.07) is 13.3. The summed E-state index contributed by atoms with van der Waals surface area (Å²) in [7, 11) is 1.79. The minimum absolute atomic E-state index is 0.696. The Balaban J connectivity index is 2.27. The second-order valence-electron chi connectivity index (χ2n) is 4.09. The summed E-state index contributed by atoms with van der Waals surface area (Å²) >= 11 is 1.59. The second-order valence-corrected chi connectivity index (χ2v) is 5.17. The molecule has 0 spiro atoms. The Morgan fingerprint density at radius 3 is 2.63 bits per heavy atom. The van der Waals surface area contributed by atoms with Gasteiger partial charge in [-0.3, -0.25) is 0 Å². The smallest absolute Gasteiger partial charge is 0.416 e. The average molecular weight is 272 g/mol. The van der Waals surface area contributed by atoms with E-state index >= 15 is 0 Å². The van der Waals surface area contributed by atoms with Crippen LogP contribution < -0.4 is 10.2 Å². The molecule has 19 heavy (non-hydrogen) atoms. The van der Waals surface area contributed by atoms with Gasteiger partial charge in [0, 0.05) is 16.8 Å². The Hall–Kier alpha value is -2.14. The van der Waals surface area contributed by atoms with Crippen molar-refractivity contribution in [1.82, 2.24) is 0 Å². The number of nitrogens with one attached hydrogen (secondary N) is 1. The zero-order valence-electron chi connectivity index (χ0n) is 10.3. The van der Waals surface area contributed by atoms with E-state index in [0.717, 1.165) is 15.5 Å². The third-order valence-electron chi connectivity index (χ3n) is 3.01. The Labute approximate surface area is 115 Å². The van der Waals surface area contributed by atoms with Gasteiger partial charge in [0.05, 0.1) is 17.1 Å². The van der Waals surface area contributed by atoms with Crippen LogP contribution in [-0.4, -0.2) is 18.2 Å². The molecule has 0 fully saturated rings. The monoisotopic (exact) mass is 272 g/mol. The van der Waals surface area contributed by atoms with E-state index in [4.69, 9.17) is 0 Å². The number of hydrogen-bond donors (Lipinski definition) is 2. The standard InChI is InChI=1S/C14H12N2O2S/c1-15-9-5-4-8-12-13(9)16(14(17)18)10-6-2-3-7-11(10)19-12/h2-8,15H,1H3,(H,17,18). The Morgan fingerprint density at radius 2 is 1.89 bits per heavy atom. The quantitative estimate of drug-likeness (QED) is 0.823. The van der Waals surface area contributed by atoms with Gasteiger partial charge >= 0.3 is 6.09 Å². The first-order valence-corrected chi connectivity index (χ1v) is 6.64. The third-order valence-corrected chi connectivity index (χ3v) is 4.12. The van der Waals surface area contributed by atoms with Crippen LogP contribution in [0.2, 0.25) is 0 Å². The van der Waals surface area contributed by atoms with Crippen molar-refractivity contribution in [1.29, 1.82) is 0 Å². The fourth-order valence-corrected chi connectivity index (χ4v) is 3.29. The first-order chi connectivity index (χ1) is 9.22. The molecule has 0 radical (unpaired) electrons. The van der Waals surface area contributed by atoms with Crippen molar-refractivity contribution in [2.45, 2.75) is 9.79 Å². The van der Waals surface area contributed by atoms with Crippen LogP contribution in [-0.2, 0) is 0 Å². The molecule has 2 aromatic carbocycles. The van der Waals surface area contributed by atoms with E-state index in [1.54, 1.807) is 18.8 Å². The van der Waals surface area contributed by atoms with E-state index in [-0.39, 0.29) is 0 Å². The molecule has 96 valence electrons. The number of rotatable bonds is 1. The topological polar surface area (TPSA) is 52.6 Å². The highest BCUT2D eigenvalue weighted by molar-refractivity contribution is 7.99. The highest BCUT2D eigenvalue weighted by Crippen LogP contribution is 2.50. The maximum atomic E-state index is 11.6. The number of amides is 1. The number of fused-ring (bicyclic) bond motifs is 2. The lowest BCUT2D eigenvalue weighted by atomic mass is 10.2. The SMILES string of the molecule is CNc1cccc2c1N(C(=O)O)c1ccccc1S2. The van der Waals surface area contributed by atoms with Crippen molar-refractivity contribution in [3.63, 3.8) is 0 Å². The molecular weight excluding hydrogens is 260 g/mol. The predicted molar refractivity (Wildman–Crippen MR) is 76.7 cm³/mol. The van der Waals surface area contributed by atoms with E-state index in [1.807, 2.05) is 42.5 Å². The molecule has 3 rings (SSSR count). The van der Waals surface area contributed by atoms with Crippen LogP contribution in [0.25, 0.3) is 0 Å².